The Morgan fingerprint density at radius 2 is 0.981 bits per heavy atom. The Kier molecular flexibility index (Phi) is 37.7. The van der Waals surface area contributed by atoms with Crippen molar-refractivity contribution in [3.8, 4) is 0 Å². The third-order valence-electron chi connectivity index (χ3n) is 8.71. The van der Waals surface area contributed by atoms with Crippen LogP contribution in [0.3, 0.4) is 0 Å². The minimum absolute atomic E-state index is 0.171. The van der Waals surface area contributed by atoms with Gasteiger partial charge in [0.05, 0.1) is 19.8 Å². The van der Waals surface area contributed by atoms with Gasteiger partial charge in [0.1, 0.15) is 12.7 Å². The minimum atomic E-state index is -4.62. The fourth-order valence-electron chi connectivity index (χ4n) is 5.39. The van der Waals surface area contributed by atoms with Crippen LogP contribution in [0.25, 0.3) is 0 Å². The molecule has 54 heavy (non-hydrogen) atoms. The number of allylic oxidation sites excluding steroid dienone is 8. The summed E-state index contributed by atoms with van der Waals surface area (Å²) in [6.45, 7) is 2.28. The first-order valence-corrected chi connectivity index (χ1v) is 22.6. The summed E-state index contributed by atoms with van der Waals surface area (Å²) in [6.07, 6.45) is 40.7. The Balaban J connectivity index is 4.35. The average Bonchev–Trinajstić information content (AvgIpc) is 3.16. The van der Waals surface area contributed by atoms with Gasteiger partial charge in [0, 0.05) is 12.8 Å². The van der Waals surface area contributed by atoms with Gasteiger partial charge in [-0.3, -0.25) is 18.6 Å². The molecule has 0 amide bonds. The van der Waals surface area contributed by atoms with E-state index in [1.54, 1.807) is 0 Å². The molecule has 314 valence electrons. The molecule has 0 aliphatic rings. The standard InChI is InChI=1S/C43H77O10P/c1-3-5-7-9-11-13-15-17-19-20-21-23-25-27-29-31-33-35-43(47)53-41(39-52-54(48,49)51-37-40(45)36-44)38-50-42(46)34-32-30-28-26-24-22-18-16-14-12-10-8-6-4-2/h10-13,16-19,40-41,44-45H,3-9,14-15,20-39H2,1-2H3,(H,48,49)/b12-10-,13-11-,18-16-,19-17-/t40-,41+/m0/s1. The molecule has 3 N–H and O–H groups in total. The maximum absolute atomic E-state index is 12.6. The van der Waals surface area contributed by atoms with Crippen LogP contribution in [0.1, 0.15) is 174 Å². The van der Waals surface area contributed by atoms with E-state index in [0.717, 1.165) is 83.5 Å². The SMILES string of the molecule is CCCC/C=C\C/C=C\CCCCCCCC(=O)OC[C@H](COP(=O)(O)OC[C@@H](O)CO)OC(=O)CCCCCCCCC/C=C\C/C=C\CCCCC. The molecule has 0 saturated carbocycles. The van der Waals surface area contributed by atoms with Crippen LogP contribution >= 0.6 is 7.82 Å². The van der Waals surface area contributed by atoms with Crippen LogP contribution in [-0.2, 0) is 32.7 Å². The molecule has 3 atom stereocenters. The molecule has 0 fully saturated rings. The molecular formula is C43H77O10P. The fraction of sp³-hybridized carbons (Fsp3) is 0.767. The van der Waals surface area contributed by atoms with E-state index in [-0.39, 0.29) is 19.4 Å². The van der Waals surface area contributed by atoms with Crippen LogP contribution < -0.4 is 0 Å². The largest absolute Gasteiger partial charge is 0.472 e. The molecule has 11 heteroatoms. The van der Waals surface area contributed by atoms with E-state index < -0.39 is 51.8 Å². The lowest BCUT2D eigenvalue weighted by Gasteiger charge is -2.20. The number of aliphatic hydroxyl groups is 2. The van der Waals surface area contributed by atoms with Crippen LogP contribution in [0, 0.1) is 0 Å². The second-order valence-corrected chi connectivity index (χ2v) is 15.5. The van der Waals surface area contributed by atoms with Crippen LogP contribution in [0.2, 0.25) is 0 Å². The first-order chi connectivity index (χ1) is 26.2. The lowest BCUT2D eigenvalue weighted by molar-refractivity contribution is -0.161. The summed E-state index contributed by atoms with van der Waals surface area (Å²) >= 11 is 0. The molecule has 0 aromatic carbocycles. The Bertz CT molecular complexity index is 1040. The third-order valence-corrected chi connectivity index (χ3v) is 9.66. The highest BCUT2D eigenvalue weighted by Gasteiger charge is 2.27. The molecular weight excluding hydrogens is 707 g/mol. The van der Waals surface area contributed by atoms with Gasteiger partial charge in [-0.2, -0.15) is 0 Å². The zero-order valence-electron chi connectivity index (χ0n) is 33.9. The van der Waals surface area contributed by atoms with Gasteiger partial charge in [0.15, 0.2) is 6.10 Å². The van der Waals surface area contributed by atoms with Crippen molar-refractivity contribution in [2.24, 2.45) is 0 Å². The second kappa shape index (κ2) is 39.2. The minimum Gasteiger partial charge on any atom is -0.462 e. The maximum atomic E-state index is 12.6. The first kappa shape index (κ1) is 51.9. The van der Waals surface area contributed by atoms with Gasteiger partial charge in [0.2, 0.25) is 0 Å². The van der Waals surface area contributed by atoms with Crippen molar-refractivity contribution in [1.29, 1.82) is 0 Å². The number of carbonyl (C=O) groups is 2. The van der Waals surface area contributed by atoms with E-state index in [1.165, 1.54) is 51.4 Å². The number of hydrogen-bond acceptors (Lipinski definition) is 9. The van der Waals surface area contributed by atoms with Gasteiger partial charge >= 0.3 is 19.8 Å². The maximum Gasteiger partial charge on any atom is 0.472 e. The highest BCUT2D eigenvalue weighted by atomic mass is 31.2. The van der Waals surface area contributed by atoms with E-state index in [1.807, 2.05) is 0 Å². The van der Waals surface area contributed by atoms with E-state index in [9.17, 15) is 24.2 Å². The van der Waals surface area contributed by atoms with E-state index in [4.69, 9.17) is 19.1 Å². The van der Waals surface area contributed by atoms with E-state index in [0.29, 0.717) is 12.8 Å². The number of phosphoric acid groups is 1. The monoisotopic (exact) mass is 785 g/mol. The topological polar surface area (TPSA) is 149 Å². The number of ether oxygens (including phenoxy) is 2. The van der Waals surface area contributed by atoms with Crippen molar-refractivity contribution < 1.29 is 47.8 Å². The van der Waals surface area contributed by atoms with Crippen molar-refractivity contribution in [3.63, 3.8) is 0 Å². The summed E-state index contributed by atoms with van der Waals surface area (Å²) in [6, 6.07) is 0. The number of phosphoric ester groups is 1. The molecule has 0 saturated heterocycles. The van der Waals surface area contributed by atoms with Crippen LogP contribution in [0.15, 0.2) is 48.6 Å². The zero-order valence-corrected chi connectivity index (χ0v) is 34.8. The first-order valence-electron chi connectivity index (χ1n) is 21.1. The predicted octanol–water partition coefficient (Wildman–Crippen LogP) is 10.9. The van der Waals surface area contributed by atoms with Crippen molar-refractivity contribution in [1.82, 2.24) is 0 Å². The molecule has 1 unspecified atom stereocenters. The quantitative estimate of drug-likeness (QED) is 0.0238. The predicted molar refractivity (Wildman–Crippen MR) is 219 cm³/mol. The molecule has 10 nitrogen and oxygen atoms in total. The number of unbranched alkanes of at least 4 members (excludes halogenated alkanes) is 17. The van der Waals surface area contributed by atoms with Crippen molar-refractivity contribution in [2.45, 2.75) is 187 Å². The summed E-state index contributed by atoms with van der Waals surface area (Å²) < 4.78 is 32.7. The Labute approximate surface area is 328 Å². The Morgan fingerprint density at radius 3 is 1.48 bits per heavy atom. The number of carbonyl (C=O) groups excluding carboxylic acids is 2. The summed E-state index contributed by atoms with van der Waals surface area (Å²) in [7, 11) is -4.62. The summed E-state index contributed by atoms with van der Waals surface area (Å²) in [5.41, 5.74) is 0. The van der Waals surface area contributed by atoms with E-state index in [2.05, 4.69) is 67.0 Å². The van der Waals surface area contributed by atoms with Crippen LogP contribution in [0.5, 0.6) is 0 Å². The highest BCUT2D eigenvalue weighted by Crippen LogP contribution is 2.43. The fourth-order valence-corrected chi connectivity index (χ4v) is 6.18. The summed E-state index contributed by atoms with van der Waals surface area (Å²) in [5.74, 6) is -0.952. The molecule has 0 heterocycles. The average molecular weight is 785 g/mol. The van der Waals surface area contributed by atoms with Gasteiger partial charge in [-0.15, -0.1) is 0 Å². The lowest BCUT2D eigenvalue weighted by Crippen LogP contribution is -2.29. The normalized spacial score (nSPS) is 14.4. The molecule has 0 spiro atoms. The van der Waals surface area contributed by atoms with Gasteiger partial charge in [0.25, 0.3) is 0 Å². The molecule has 0 aromatic heterocycles. The molecule has 0 aliphatic heterocycles. The molecule has 0 aliphatic carbocycles. The number of hydrogen-bond donors (Lipinski definition) is 3. The second-order valence-electron chi connectivity index (χ2n) is 14.0. The number of aliphatic hydroxyl groups excluding tert-OH is 2. The van der Waals surface area contributed by atoms with Gasteiger partial charge < -0.3 is 24.6 Å². The van der Waals surface area contributed by atoms with Crippen LogP contribution in [0.4, 0.5) is 0 Å². The van der Waals surface area contributed by atoms with Crippen LogP contribution in [-0.4, -0.2) is 65.7 Å². The lowest BCUT2D eigenvalue weighted by atomic mass is 10.1. The van der Waals surface area contributed by atoms with Crippen molar-refractivity contribution in [2.75, 3.05) is 26.4 Å². The molecule has 0 aromatic rings. The third kappa shape index (κ3) is 38.2. The summed E-state index contributed by atoms with van der Waals surface area (Å²) in [5, 5.41) is 18.3. The van der Waals surface area contributed by atoms with Gasteiger partial charge in [-0.1, -0.05) is 140 Å². The molecule has 0 rings (SSSR count). The number of esters is 2. The zero-order chi connectivity index (χ0) is 39.8. The Morgan fingerprint density at radius 1 is 0.556 bits per heavy atom. The molecule has 0 bridgehead atoms. The van der Waals surface area contributed by atoms with E-state index >= 15 is 0 Å². The van der Waals surface area contributed by atoms with Gasteiger partial charge in [-0.25, -0.2) is 4.57 Å². The smallest absolute Gasteiger partial charge is 0.462 e. The van der Waals surface area contributed by atoms with Gasteiger partial charge in [-0.05, 0) is 70.6 Å². The molecule has 0 radical (unpaired) electrons. The summed E-state index contributed by atoms with van der Waals surface area (Å²) in [4.78, 5) is 34.9. The number of rotatable bonds is 39. The van der Waals surface area contributed by atoms with Crippen molar-refractivity contribution >= 4 is 19.8 Å². The Hall–Kier alpha value is -2.07. The highest BCUT2D eigenvalue weighted by molar-refractivity contribution is 7.47. The van der Waals surface area contributed by atoms with Crippen molar-refractivity contribution in [3.05, 3.63) is 48.6 Å².